The number of likely N-dealkylation sites (N-methyl/N-ethyl adjacent to an activating group) is 1. The van der Waals surface area contributed by atoms with Crippen LogP contribution in [0.25, 0.3) is 6.08 Å². The van der Waals surface area contributed by atoms with Crippen LogP contribution in [0.1, 0.15) is 16.7 Å². The van der Waals surface area contributed by atoms with Crippen LogP contribution in [0.5, 0.6) is 0 Å². The fourth-order valence-corrected chi connectivity index (χ4v) is 2.36. The van der Waals surface area contributed by atoms with E-state index in [4.69, 9.17) is 0 Å². The van der Waals surface area contributed by atoms with Crippen molar-refractivity contribution in [3.8, 4) is 0 Å². The molecule has 126 valence electrons. The molecule has 1 aromatic heterocycles. The van der Waals surface area contributed by atoms with Gasteiger partial charge in [-0.1, -0.05) is 24.3 Å². The van der Waals surface area contributed by atoms with E-state index in [9.17, 15) is 14.4 Å². The van der Waals surface area contributed by atoms with Gasteiger partial charge in [-0.05, 0) is 24.1 Å². The molecule has 0 saturated heterocycles. The van der Waals surface area contributed by atoms with Crippen LogP contribution < -0.4 is 11.2 Å². The van der Waals surface area contributed by atoms with Crippen LogP contribution in [0.4, 0.5) is 0 Å². The van der Waals surface area contributed by atoms with Crippen LogP contribution in [0.3, 0.4) is 0 Å². The predicted molar refractivity (Wildman–Crippen MR) is 93.6 cm³/mol. The van der Waals surface area contributed by atoms with Crippen molar-refractivity contribution in [3.63, 3.8) is 0 Å². The lowest BCUT2D eigenvalue weighted by Gasteiger charge is -2.16. The van der Waals surface area contributed by atoms with Gasteiger partial charge in [-0.2, -0.15) is 0 Å². The maximum atomic E-state index is 12.2. The summed E-state index contributed by atoms with van der Waals surface area (Å²) < 4.78 is 2.32. The summed E-state index contributed by atoms with van der Waals surface area (Å²) in [6.45, 7) is 2.48. The SMILES string of the molecule is Cc1ccccc1CN(C)C(=O)/C=C\c1cn(C)c(=O)n(C)c1=O. The Bertz CT molecular complexity index is 906. The van der Waals surface area contributed by atoms with Crippen molar-refractivity contribution in [2.24, 2.45) is 14.1 Å². The number of nitrogens with zero attached hydrogens (tertiary/aromatic N) is 3. The van der Waals surface area contributed by atoms with Gasteiger partial charge in [0, 0.05) is 40.0 Å². The molecule has 0 atom stereocenters. The smallest absolute Gasteiger partial charge is 0.330 e. The standard InChI is InChI=1S/C18H21N3O3/c1-13-7-5-6-8-14(13)11-19(2)16(22)10-9-15-12-20(3)18(24)21(4)17(15)23/h5-10,12H,11H2,1-4H3/b10-9-. The van der Waals surface area contributed by atoms with Crippen LogP contribution in [0, 0.1) is 6.92 Å². The van der Waals surface area contributed by atoms with Crippen molar-refractivity contribution in [3.05, 3.63) is 74.1 Å². The number of benzene rings is 1. The molecule has 1 heterocycles. The highest BCUT2D eigenvalue weighted by Crippen LogP contribution is 2.09. The normalized spacial score (nSPS) is 11.0. The first kappa shape index (κ1) is 17.5. The first-order valence-corrected chi connectivity index (χ1v) is 7.55. The molecule has 0 unspecified atom stereocenters. The second-order valence-corrected chi connectivity index (χ2v) is 5.80. The first-order valence-electron chi connectivity index (χ1n) is 7.55. The maximum Gasteiger partial charge on any atom is 0.330 e. The summed E-state index contributed by atoms with van der Waals surface area (Å²) in [5.74, 6) is -0.214. The van der Waals surface area contributed by atoms with Gasteiger partial charge in [-0.25, -0.2) is 4.79 Å². The van der Waals surface area contributed by atoms with Crippen molar-refractivity contribution in [1.82, 2.24) is 14.0 Å². The Morgan fingerprint density at radius 2 is 1.88 bits per heavy atom. The minimum Gasteiger partial charge on any atom is -0.338 e. The molecule has 24 heavy (non-hydrogen) atoms. The zero-order valence-electron chi connectivity index (χ0n) is 14.3. The largest absolute Gasteiger partial charge is 0.338 e. The number of amides is 1. The van der Waals surface area contributed by atoms with Crippen LogP contribution in [0.15, 0.2) is 46.1 Å². The molecule has 2 rings (SSSR count). The summed E-state index contributed by atoms with van der Waals surface area (Å²) in [6, 6.07) is 7.86. The average Bonchev–Trinajstić information content (AvgIpc) is 2.56. The molecule has 0 aliphatic heterocycles. The van der Waals surface area contributed by atoms with Crippen LogP contribution in [0.2, 0.25) is 0 Å². The number of hydrogen-bond acceptors (Lipinski definition) is 3. The first-order chi connectivity index (χ1) is 11.3. The second-order valence-electron chi connectivity index (χ2n) is 5.80. The molecule has 1 amide bonds. The molecule has 6 heteroatoms. The molecule has 0 aliphatic carbocycles. The lowest BCUT2D eigenvalue weighted by atomic mass is 10.1. The third-order valence-corrected chi connectivity index (χ3v) is 3.92. The minimum atomic E-state index is -0.427. The average molecular weight is 327 g/mol. The summed E-state index contributed by atoms with van der Waals surface area (Å²) in [5, 5.41) is 0. The highest BCUT2D eigenvalue weighted by molar-refractivity contribution is 5.91. The highest BCUT2D eigenvalue weighted by atomic mass is 16.2. The predicted octanol–water partition coefficient (Wildman–Crippen LogP) is 1.06. The van der Waals surface area contributed by atoms with E-state index in [-0.39, 0.29) is 11.5 Å². The van der Waals surface area contributed by atoms with Crippen LogP contribution in [-0.4, -0.2) is 27.0 Å². The van der Waals surface area contributed by atoms with Crippen molar-refractivity contribution >= 4 is 12.0 Å². The molecule has 0 fully saturated rings. The summed E-state index contributed by atoms with van der Waals surface area (Å²) >= 11 is 0. The molecule has 6 nitrogen and oxygen atoms in total. The molecule has 0 N–H and O–H groups in total. The van der Waals surface area contributed by atoms with Crippen molar-refractivity contribution in [2.45, 2.75) is 13.5 Å². The lowest BCUT2D eigenvalue weighted by molar-refractivity contribution is -0.125. The maximum absolute atomic E-state index is 12.2. The molecule has 0 radical (unpaired) electrons. The quantitative estimate of drug-likeness (QED) is 0.789. The van der Waals surface area contributed by atoms with E-state index in [0.29, 0.717) is 6.54 Å². The van der Waals surface area contributed by atoms with E-state index in [1.165, 1.54) is 30.0 Å². The molecule has 2 aromatic rings. The molecule has 0 saturated carbocycles. The third-order valence-electron chi connectivity index (χ3n) is 3.92. The van der Waals surface area contributed by atoms with Gasteiger partial charge in [0.25, 0.3) is 5.56 Å². The topological polar surface area (TPSA) is 64.3 Å². The summed E-state index contributed by atoms with van der Waals surface area (Å²) in [7, 11) is 4.68. The van der Waals surface area contributed by atoms with Gasteiger partial charge >= 0.3 is 5.69 Å². The van der Waals surface area contributed by atoms with Crippen LogP contribution in [-0.2, 0) is 25.4 Å². The Labute approximate surface area is 140 Å². The Hall–Kier alpha value is -2.89. The van der Waals surface area contributed by atoms with E-state index in [0.717, 1.165) is 15.7 Å². The molecule has 0 aliphatic rings. The van der Waals surface area contributed by atoms with E-state index < -0.39 is 11.2 Å². The number of hydrogen-bond donors (Lipinski definition) is 0. The molecular weight excluding hydrogens is 306 g/mol. The Balaban J connectivity index is 2.18. The van der Waals surface area contributed by atoms with Gasteiger partial charge in [0.1, 0.15) is 0 Å². The summed E-state index contributed by atoms with van der Waals surface area (Å²) in [6.07, 6.45) is 4.22. The van der Waals surface area contributed by atoms with E-state index >= 15 is 0 Å². The molecule has 0 spiro atoms. The summed E-state index contributed by atoms with van der Waals surface area (Å²) in [4.78, 5) is 37.5. The fourth-order valence-electron chi connectivity index (χ4n) is 2.36. The van der Waals surface area contributed by atoms with Gasteiger partial charge in [-0.15, -0.1) is 0 Å². The van der Waals surface area contributed by atoms with E-state index in [2.05, 4.69) is 0 Å². The Morgan fingerprint density at radius 1 is 1.21 bits per heavy atom. The Morgan fingerprint density at radius 3 is 2.54 bits per heavy atom. The van der Waals surface area contributed by atoms with Gasteiger partial charge < -0.3 is 9.47 Å². The Kier molecular flexibility index (Phi) is 5.18. The molecule has 0 bridgehead atoms. The van der Waals surface area contributed by atoms with Crippen molar-refractivity contribution in [2.75, 3.05) is 7.05 Å². The van der Waals surface area contributed by atoms with Crippen LogP contribution >= 0.6 is 0 Å². The number of rotatable bonds is 4. The second kappa shape index (κ2) is 7.12. The van der Waals surface area contributed by atoms with Crippen molar-refractivity contribution < 1.29 is 4.79 Å². The zero-order chi connectivity index (χ0) is 17.9. The summed E-state index contributed by atoms with van der Waals surface area (Å²) in [5.41, 5.74) is 1.65. The van der Waals surface area contributed by atoms with Crippen molar-refractivity contribution in [1.29, 1.82) is 0 Å². The van der Waals surface area contributed by atoms with Gasteiger partial charge in [-0.3, -0.25) is 14.2 Å². The number of carbonyl (C=O) groups excluding carboxylic acids is 1. The van der Waals surface area contributed by atoms with Gasteiger partial charge in [0.2, 0.25) is 5.91 Å². The number of carbonyl (C=O) groups is 1. The lowest BCUT2D eigenvalue weighted by Crippen LogP contribution is -2.37. The fraction of sp³-hybridized carbons (Fsp3) is 0.278. The zero-order valence-corrected chi connectivity index (χ0v) is 14.3. The van der Waals surface area contributed by atoms with E-state index in [1.54, 1.807) is 19.0 Å². The number of aromatic nitrogens is 2. The number of aryl methyl sites for hydroxylation is 2. The molecule has 1 aromatic carbocycles. The molecular formula is C18H21N3O3. The third kappa shape index (κ3) is 3.71. The van der Waals surface area contributed by atoms with Gasteiger partial charge in [0.15, 0.2) is 0 Å². The minimum absolute atomic E-state index is 0.214. The monoisotopic (exact) mass is 327 g/mol. The highest BCUT2D eigenvalue weighted by Gasteiger charge is 2.09. The van der Waals surface area contributed by atoms with E-state index in [1.807, 2.05) is 31.2 Å². The van der Waals surface area contributed by atoms with Gasteiger partial charge in [0.05, 0.1) is 5.56 Å².